The number of hydrogen-bond donors (Lipinski definition) is 2. The average Bonchev–Trinajstić information content (AvgIpc) is 2.73. The average molecular weight is 381 g/mol. The van der Waals surface area contributed by atoms with Crippen LogP contribution in [-0.4, -0.2) is 25.1 Å². The number of methoxy groups -OCH3 is 2. The number of hydrogen-bond acceptors (Lipinski definition) is 5. The zero-order valence-corrected chi connectivity index (χ0v) is 15.5. The first-order valence-electron chi connectivity index (χ1n) is 8.57. The van der Waals surface area contributed by atoms with E-state index < -0.39 is 5.91 Å². The largest absolute Gasteiger partial charge is 0.497 e. The van der Waals surface area contributed by atoms with Gasteiger partial charge in [0.2, 0.25) is 0 Å². The number of nitrogens with zero attached hydrogens (tertiary/aromatic N) is 1. The highest BCUT2D eigenvalue weighted by molar-refractivity contribution is 5.93. The lowest BCUT2D eigenvalue weighted by Crippen LogP contribution is -2.24. The van der Waals surface area contributed by atoms with Gasteiger partial charge >= 0.3 is 0 Å². The SMILES string of the molecule is COc1ccc(OC)c(Nc2ccnc(C(=O)NCc3ccccc3F)c2)c1. The molecule has 2 N–H and O–H groups in total. The number of anilines is 2. The molecule has 0 atom stereocenters. The minimum absolute atomic E-state index is 0.0779. The van der Waals surface area contributed by atoms with E-state index in [0.29, 0.717) is 28.4 Å². The highest BCUT2D eigenvalue weighted by Crippen LogP contribution is 2.31. The van der Waals surface area contributed by atoms with E-state index in [4.69, 9.17) is 9.47 Å². The first kappa shape index (κ1) is 19.2. The first-order valence-corrected chi connectivity index (χ1v) is 8.57. The van der Waals surface area contributed by atoms with E-state index in [2.05, 4.69) is 15.6 Å². The summed E-state index contributed by atoms with van der Waals surface area (Å²) in [4.78, 5) is 16.5. The van der Waals surface area contributed by atoms with Gasteiger partial charge in [-0.1, -0.05) is 18.2 Å². The topological polar surface area (TPSA) is 72.5 Å². The van der Waals surface area contributed by atoms with Gasteiger partial charge in [-0.2, -0.15) is 0 Å². The summed E-state index contributed by atoms with van der Waals surface area (Å²) in [6, 6.07) is 15.0. The molecule has 0 aliphatic heterocycles. The minimum atomic E-state index is -0.399. The molecule has 6 nitrogen and oxygen atoms in total. The molecule has 0 saturated carbocycles. The monoisotopic (exact) mass is 381 g/mol. The Balaban J connectivity index is 1.73. The Morgan fingerprint density at radius 2 is 1.89 bits per heavy atom. The molecule has 1 heterocycles. The number of pyridine rings is 1. The molecule has 0 saturated heterocycles. The third-order valence-corrected chi connectivity index (χ3v) is 4.08. The summed E-state index contributed by atoms with van der Waals surface area (Å²) < 4.78 is 24.3. The normalized spacial score (nSPS) is 10.2. The fourth-order valence-corrected chi connectivity index (χ4v) is 2.61. The van der Waals surface area contributed by atoms with Crippen LogP contribution in [0.3, 0.4) is 0 Å². The van der Waals surface area contributed by atoms with Crippen LogP contribution < -0.4 is 20.1 Å². The maximum atomic E-state index is 13.7. The molecule has 28 heavy (non-hydrogen) atoms. The number of nitrogens with one attached hydrogen (secondary N) is 2. The van der Waals surface area contributed by atoms with Gasteiger partial charge in [0.05, 0.1) is 19.9 Å². The summed E-state index contributed by atoms with van der Waals surface area (Å²) in [6.45, 7) is 0.0779. The second kappa shape index (κ2) is 8.85. The van der Waals surface area contributed by atoms with Crippen molar-refractivity contribution in [2.24, 2.45) is 0 Å². The van der Waals surface area contributed by atoms with E-state index >= 15 is 0 Å². The zero-order valence-electron chi connectivity index (χ0n) is 15.5. The molecule has 0 spiro atoms. The molecule has 0 unspecified atom stereocenters. The second-order valence-corrected chi connectivity index (χ2v) is 5.90. The van der Waals surface area contributed by atoms with Crippen molar-refractivity contribution in [3.8, 4) is 11.5 Å². The van der Waals surface area contributed by atoms with Crippen LogP contribution in [0, 0.1) is 5.82 Å². The Labute approximate surface area is 162 Å². The number of rotatable bonds is 7. The van der Waals surface area contributed by atoms with Crippen molar-refractivity contribution in [1.82, 2.24) is 10.3 Å². The summed E-state index contributed by atoms with van der Waals surface area (Å²) in [6.07, 6.45) is 1.52. The molecule has 1 aromatic heterocycles. The van der Waals surface area contributed by atoms with Crippen molar-refractivity contribution in [2.45, 2.75) is 6.54 Å². The maximum absolute atomic E-state index is 13.7. The molecule has 0 bridgehead atoms. The van der Waals surface area contributed by atoms with Crippen LogP contribution in [0.2, 0.25) is 0 Å². The Hall–Kier alpha value is -3.61. The maximum Gasteiger partial charge on any atom is 0.270 e. The van der Waals surface area contributed by atoms with Gasteiger partial charge in [0.15, 0.2) is 0 Å². The lowest BCUT2D eigenvalue weighted by atomic mass is 10.2. The third-order valence-electron chi connectivity index (χ3n) is 4.08. The number of carbonyl (C=O) groups excluding carboxylic acids is 1. The number of halogens is 1. The van der Waals surface area contributed by atoms with Crippen LogP contribution in [0.15, 0.2) is 60.8 Å². The van der Waals surface area contributed by atoms with E-state index in [0.717, 1.165) is 0 Å². The van der Waals surface area contributed by atoms with E-state index in [1.807, 2.05) is 0 Å². The van der Waals surface area contributed by atoms with Crippen LogP contribution in [0.5, 0.6) is 11.5 Å². The van der Waals surface area contributed by atoms with Crippen LogP contribution in [-0.2, 0) is 6.54 Å². The summed E-state index contributed by atoms with van der Waals surface area (Å²) >= 11 is 0. The van der Waals surface area contributed by atoms with Gasteiger partial charge < -0.3 is 20.1 Å². The predicted octanol–water partition coefficient (Wildman–Crippen LogP) is 3.91. The van der Waals surface area contributed by atoms with Crippen molar-refractivity contribution in [1.29, 1.82) is 0 Å². The molecular formula is C21H20FN3O3. The molecule has 0 fully saturated rings. The summed E-state index contributed by atoms with van der Waals surface area (Å²) in [5.74, 6) is 0.532. The molecule has 0 aliphatic rings. The Kier molecular flexibility index (Phi) is 6.06. The lowest BCUT2D eigenvalue weighted by molar-refractivity contribution is 0.0945. The quantitative estimate of drug-likeness (QED) is 0.649. The molecule has 1 amide bonds. The summed E-state index contributed by atoms with van der Waals surface area (Å²) in [7, 11) is 3.15. The van der Waals surface area contributed by atoms with Gasteiger partial charge in [-0.3, -0.25) is 9.78 Å². The lowest BCUT2D eigenvalue weighted by Gasteiger charge is -2.13. The van der Waals surface area contributed by atoms with Crippen LogP contribution >= 0.6 is 0 Å². The van der Waals surface area contributed by atoms with Gasteiger partial charge in [-0.25, -0.2) is 4.39 Å². The standard InChI is InChI=1S/C21H20FN3O3/c1-27-16-7-8-20(28-2)18(12-16)25-15-9-10-23-19(11-15)21(26)24-13-14-5-3-4-6-17(14)22/h3-12H,13H2,1-2H3,(H,23,25)(H,24,26). The molecule has 2 aromatic carbocycles. The number of benzene rings is 2. The summed E-state index contributed by atoms with van der Waals surface area (Å²) in [5.41, 5.74) is 1.96. The van der Waals surface area contributed by atoms with Gasteiger partial charge in [-0.05, 0) is 30.3 Å². The van der Waals surface area contributed by atoms with Crippen molar-refractivity contribution in [3.05, 3.63) is 77.9 Å². The first-order chi connectivity index (χ1) is 13.6. The number of carbonyl (C=O) groups is 1. The molecule has 3 aromatic rings. The van der Waals surface area contributed by atoms with E-state index in [1.54, 1.807) is 62.8 Å². The van der Waals surface area contributed by atoms with Crippen molar-refractivity contribution < 1.29 is 18.7 Å². The van der Waals surface area contributed by atoms with Crippen LogP contribution in [0.4, 0.5) is 15.8 Å². The molecular weight excluding hydrogens is 361 g/mol. The van der Waals surface area contributed by atoms with Crippen molar-refractivity contribution in [3.63, 3.8) is 0 Å². The van der Waals surface area contributed by atoms with Gasteiger partial charge in [0.25, 0.3) is 5.91 Å². The number of ether oxygens (including phenoxy) is 2. The third kappa shape index (κ3) is 4.56. The van der Waals surface area contributed by atoms with Crippen LogP contribution in [0.25, 0.3) is 0 Å². The molecule has 7 heteroatoms. The fourth-order valence-electron chi connectivity index (χ4n) is 2.61. The smallest absolute Gasteiger partial charge is 0.270 e. The fraction of sp³-hybridized carbons (Fsp3) is 0.143. The Morgan fingerprint density at radius 1 is 1.07 bits per heavy atom. The van der Waals surface area contributed by atoms with Gasteiger partial charge in [0, 0.05) is 30.1 Å². The van der Waals surface area contributed by atoms with E-state index in [1.165, 1.54) is 12.3 Å². The van der Waals surface area contributed by atoms with E-state index in [-0.39, 0.29) is 18.1 Å². The molecule has 3 rings (SSSR count). The van der Waals surface area contributed by atoms with Gasteiger partial charge in [0.1, 0.15) is 23.0 Å². The van der Waals surface area contributed by atoms with Crippen molar-refractivity contribution in [2.75, 3.05) is 19.5 Å². The number of aromatic nitrogens is 1. The Morgan fingerprint density at radius 3 is 2.64 bits per heavy atom. The Bertz CT molecular complexity index is 979. The highest BCUT2D eigenvalue weighted by atomic mass is 19.1. The summed E-state index contributed by atoms with van der Waals surface area (Å²) in [5, 5.41) is 5.87. The predicted molar refractivity (Wildman–Crippen MR) is 105 cm³/mol. The second-order valence-electron chi connectivity index (χ2n) is 5.90. The zero-order chi connectivity index (χ0) is 19.9. The minimum Gasteiger partial charge on any atom is -0.497 e. The molecule has 0 radical (unpaired) electrons. The molecule has 144 valence electrons. The van der Waals surface area contributed by atoms with Crippen molar-refractivity contribution >= 4 is 17.3 Å². The number of amides is 1. The van der Waals surface area contributed by atoms with Crippen LogP contribution in [0.1, 0.15) is 16.1 Å². The van der Waals surface area contributed by atoms with Gasteiger partial charge in [-0.15, -0.1) is 0 Å². The van der Waals surface area contributed by atoms with E-state index in [9.17, 15) is 9.18 Å². The molecule has 0 aliphatic carbocycles. The highest BCUT2D eigenvalue weighted by Gasteiger charge is 2.11.